The van der Waals surface area contributed by atoms with E-state index in [4.69, 9.17) is 17.4 Å². The molecule has 0 aliphatic carbocycles. The van der Waals surface area contributed by atoms with Gasteiger partial charge in [0, 0.05) is 23.0 Å². The second-order valence-corrected chi connectivity index (χ2v) is 4.76. The standard InChI is InChI=1S/C11H12ClN3S/c12-9-4-2-1-3-8(9)10(15-13)7-11-14-5-6-16-11/h1-6,10,15H,7,13H2. The first-order chi connectivity index (χ1) is 7.81. The number of hydrogen-bond acceptors (Lipinski definition) is 4. The van der Waals surface area contributed by atoms with Crippen molar-refractivity contribution in [3.63, 3.8) is 0 Å². The topological polar surface area (TPSA) is 50.9 Å². The second-order valence-electron chi connectivity index (χ2n) is 3.37. The van der Waals surface area contributed by atoms with Crippen LogP contribution in [0.1, 0.15) is 16.6 Å². The quantitative estimate of drug-likeness (QED) is 0.650. The van der Waals surface area contributed by atoms with Crippen LogP contribution in [0, 0.1) is 0 Å². The van der Waals surface area contributed by atoms with Gasteiger partial charge in [0.15, 0.2) is 0 Å². The molecule has 1 aromatic heterocycles. The SMILES string of the molecule is NNC(Cc1nccs1)c1ccccc1Cl. The number of aromatic nitrogens is 1. The van der Waals surface area contributed by atoms with Gasteiger partial charge in [-0.25, -0.2) is 4.98 Å². The van der Waals surface area contributed by atoms with Crippen LogP contribution >= 0.6 is 22.9 Å². The highest BCUT2D eigenvalue weighted by Gasteiger charge is 2.14. The molecule has 1 atom stereocenters. The first-order valence-electron chi connectivity index (χ1n) is 4.90. The first kappa shape index (κ1) is 11.5. The van der Waals surface area contributed by atoms with E-state index in [1.807, 2.05) is 29.6 Å². The third kappa shape index (κ3) is 2.59. The van der Waals surface area contributed by atoms with E-state index < -0.39 is 0 Å². The number of rotatable bonds is 4. The molecule has 84 valence electrons. The smallest absolute Gasteiger partial charge is 0.0944 e. The van der Waals surface area contributed by atoms with Crippen LogP contribution in [0.15, 0.2) is 35.8 Å². The van der Waals surface area contributed by atoms with Gasteiger partial charge in [0.2, 0.25) is 0 Å². The summed E-state index contributed by atoms with van der Waals surface area (Å²) >= 11 is 7.74. The van der Waals surface area contributed by atoms with E-state index >= 15 is 0 Å². The van der Waals surface area contributed by atoms with E-state index in [1.165, 1.54) is 0 Å². The van der Waals surface area contributed by atoms with Gasteiger partial charge in [-0.15, -0.1) is 11.3 Å². The van der Waals surface area contributed by atoms with Crippen LogP contribution in [0.3, 0.4) is 0 Å². The highest BCUT2D eigenvalue weighted by molar-refractivity contribution is 7.09. The molecule has 1 heterocycles. The average Bonchev–Trinajstić information content (AvgIpc) is 2.80. The summed E-state index contributed by atoms with van der Waals surface area (Å²) in [5, 5.41) is 3.72. The summed E-state index contributed by atoms with van der Waals surface area (Å²) in [5.74, 6) is 5.56. The molecule has 5 heteroatoms. The predicted molar refractivity (Wildman–Crippen MR) is 67.3 cm³/mol. The second kappa shape index (κ2) is 5.41. The minimum atomic E-state index is -0.000139. The molecule has 0 aliphatic heterocycles. The summed E-state index contributed by atoms with van der Waals surface area (Å²) < 4.78 is 0. The van der Waals surface area contributed by atoms with Crippen molar-refractivity contribution >= 4 is 22.9 Å². The van der Waals surface area contributed by atoms with E-state index in [2.05, 4.69) is 10.4 Å². The Labute approximate surface area is 103 Å². The van der Waals surface area contributed by atoms with Gasteiger partial charge in [-0.2, -0.15) is 0 Å². The molecule has 3 N–H and O–H groups in total. The van der Waals surface area contributed by atoms with Crippen LogP contribution in [0.25, 0.3) is 0 Å². The minimum Gasteiger partial charge on any atom is -0.271 e. The molecule has 0 bridgehead atoms. The van der Waals surface area contributed by atoms with Gasteiger partial charge in [0.1, 0.15) is 0 Å². The fraction of sp³-hybridized carbons (Fsp3) is 0.182. The average molecular weight is 254 g/mol. The lowest BCUT2D eigenvalue weighted by Gasteiger charge is -2.16. The van der Waals surface area contributed by atoms with E-state index in [-0.39, 0.29) is 6.04 Å². The van der Waals surface area contributed by atoms with Crippen LogP contribution in [0.4, 0.5) is 0 Å². The van der Waals surface area contributed by atoms with Crippen molar-refractivity contribution in [2.45, 2.75) is 12.5 Å². The summed E-state index contributed by atoms with van der Waals surface area (Å²) in [4.78, 5) is 4.24. The van der Waals surface area contributed by atoms with Gasteiger partial charge < -0.3 is 0 Å². The molecule has 1 unspecified atom stereocenters. The summed E-state index contributed by atoms with van der Waals surface area (Å²) in [7, 11) is 0. The number of hydrazine groups is 1. The molecular weight excluding hydrogens is 242 g/mol. The van der Waals surface area contributed by atoms with Crippen molar-refractivity contribution in [3.8, 4) is 0 Å². The highest BCUT2D eigenvalue weighted by atomic mass is 35.5. The zero-order valence-corrected chi connectivity index (χ0v) is 10.1. The summed E-state index contributed by atoms with van der Waals surface area (Å²) in [6, 6.07) is 7.69. The maximum Gasteiger partial charge on any atom is 0.0944 e. The van der Waals surface area contributed by atoms with Crippen LogP contribution < -0.4 is 11.3 Å². The monoisotopic (exact) mass is 253 g/mol. The number of nitrogens with zero attached hydrogens (tertiary/aromatic N) is 1. The summed E-state index contributed by atoms with van der Waals surface area (Å²) in [6.07, 6.45) is 2.54. The number of benzene rings is 1. The van der Waals surface area contributed by atoms with Crippen molar-refractivity contribution < 1.29 is 0 Å². The molecule has 0 fully saturated rings. The van der Waals surface area contributed by atoms with Crippen LogP contribution in [0.2, 0.25) is 5.02 Å². The number of thiazole rings is 1. The van der Waals surface area contributed by atoms with Gasteiger partial charge in [-0.1, -0.05) is 29.8 Å². The van der Waals surface area contributed by atoms with E-state index in [1.54, 1.807) is 17.5 Å². The fourth-order valence-corrected chi connectivity index (χ4v) is 2.48. The number of halogens is 1. The van der Waals surface area contributed by atoms with Gasteiger partial charge in [-0.3, -0.25) is 11.3 Å². The number of hydrogen-bond donors (Lipinski definition) is 2. The molecule has 0 amide bonds. The Morgan fingerprint density at radius 3 is 2.88 bits per heavy atom. The number of nitrogens with two attached hydrogens (primary N) is 1. The van der Waals surface area contributed by atoms with E-state index in [0.29, 0.717) is 0 Å². The third-order valence-electron chi connectivity index (χ3n) is 2.34. The Kier molecular flexibility index (Phi) is 3.90. The van der Waals surface area contributed by atoms with Crippen molar-refractivity contribution in [2.75, 3.05) is 0 Å². The Morgan fingerprint density at radius 2 is 2.25 bits per heavy atom. The highest BCUT2D eigenvalue weighted by Crippen LogP contribution is 2.25. The molecule has 16 heavy (non-hydrogen) atoms. The molecule has 0 saturated heterocycles. The van der Waals surface area contributed by atoms with Crippen molar-refractivity contribution in [2.24, 2.45) is 5.84 Å². The zero-order valence-electron chi connectivity index (χ0n) is 8.56. The van der Waals surface area contributed by atoms with E-state index in [9.17, 15) is 0 Å². The molecule has 3 nitrogen and oxygen atoms in total. The molecule has 0 radical (unpaired) electrons. The molecule has 0 aliphatic rings. The lowest BCUT2D eigenvalue weighted by atomic mass is 10.0. The lowest BCUT2D eigenvalue weighted by Crippen LogP contribution is -2.29. The predicted octanol–water partition coefficient (Wildman–Crippen LogP) is 2.54. The van der Waals surface area contributed by atoms with Crippen LogP contribution in [0.5, 0.6) is 0 Å². The maximum absolute atomic E-state index is 6.13. The van der Waals surface area contributed by atoms with Gasteiger partial charge >= 0.3 is 0 Å². The molecular formula is C11H12ClN3S. The Balaban J connectivity index is 2.20. The van der Waals surface area contributed by atoms with Crippen molar-refractivity contribution in [1.29, 1.82) is 0 Å². The first-order valence-corrected chi connectivity index (χ1v) is 6.16. The van der Waals surface area contributed by atoms with Crippen LogP contribution in [-0.2, 0) is 6.42 Å². The Hall–Kier alpha value is -0.940. The molecule has 2 rings (SSSR count). The van der Waals surface area contributed by atoms with Gasteiger partial charge in [0.25, 0.3) is 0 Å². The molecule has 2 aromatic rings. The summed E-state index contributed by atoms with van der Waals surface area (Å²) in [6.45, 7) is 0. The van der Waals surface area contributed by atoms with Crippen LogP contribution in [-0.4, -0.2) is 4.98 Å². The van der Waals surface area contributed by atoms with Gasteiger partial charge in [0.05, 0.1) is 11.0 Å². The van der Waals surface area contributed by atoms with Gasteiger partial charge in [-0.05, 0) is 11.6 Å². The maximum atomic E-state index is 6.13. The summed E-state index contributed by atoms with van der Waals surface area (Å²) in [5.41, 5.74) is 3.78. The Morgan fingerprint density at radius 1 is 1.44 bits per heavy atom. The molecule has 1 aromatic carbocycles. The largest absolute Gasteiger partial charge is 0.271 e. The molecule has 0 spiro atoms. The minimum absolute atomic E-state index is 0.000139. The van der Waals surface area contributed by atoms with E-state index in [0.717, 1.165) is 22.0 Å². The van der Waals surface area contributed by atoms with Crippen molar-refractivity contribution in [1.82, 2.24) is 10.4 Å². The van der Waals surface area contributed by atoms with Crippen molar-refractivity contribution in [3.05, 3.63) is 51.4 Å². The number of nitrogens with one attached hydrogen (secondary N) is 1. The third-order valence-corrected chi connectivity index (χ3v) is 3.49. The Bertz CT molecular complexity index is 444. The lowest BCUT2D eigenvalue weighted by molar-refractivity contribution is 0.551. The normalized spacial score (nSPS) is 12.6. The molecule has 0 saturated carbocycles. The zero-order chi connectivity index (χ0) is 11.4. The fourth-order valence-electron chi connectivity index (χ4n) is 1.54.